The highest BCUT2D eigenvalue weighted by Gasteiger charge is 2.39. The van der Waals surface area contributed by atoms with Gasteiger partial charge in [0.1, 0.15) is 5.82 Å². The molecule has 1 aliphatic rings. The zero-order chi connectivity index (χ0) is 14.8. The predicted molar refractivity (Wildman–Crippen MR) is 80.2 cm³/mol. The molecule has 5 heteroatoms. The second kappa shape index (κ2) is 6.42. The Morgan fingerprint density at radius 3 is 2.75 bits per heavy atom. The van der Waals surface area contributed by atoms with Crippen LogP contribution in [-0.2, 0) is 0 Å². The fraction of sp³-hybridized carbons (Fsp3) is 0.533. The van der Waals surface area contributed by atoms with E-state index in [0.29, 0.717) is 12.1 Å². The minimum atomic E-state index is -0.641. The number of halogens is 3. The Kier molecular flexibility index (Phi) is 5.05. The summed E-state index contributed by atoms with van der Waals surface area (Å²) in [6.07, 6.45) is 3.49. The van der Waals surface area contributed by atoms with Crippen molar-refractivity contribution in [2.75, 3.05) is 13.1 Å². The van der Waals surface area contributed by atoms with Gasteiger partial charge in [0.05, 0.1) is 10.0 Å². The van der Waals surface area contributed by atoms with Gasteiger partial charge >= 0.3 is 0 Å². The minimum absolute atomic E-state index is 0.0379. The Morgan fingerprint density at radius 2 is 2.20 bits per heavy atom. The smallest absolute Gasteiger partial charge is 0.170 e. The standard InChI is InChI=1S/C15H18Cl2FNO/c1-2-4-15(5-3-6-19-9-15)14(20)10-7-11(16)13(17)12(18)8-10/h7-8,19H,2-6,9H2,1H3. The van der Waals surface area contributed by atoms with Crippen LogP contribution in [0.25, 0.3) is 0 Å². The van der Waals surface area contributed by atoms with Crippen molar-refractivity contribution in [3.05, 3.63) is 33.6 Å². The van der Waals surface area contributed by atoms with Crippen LogP contribution in [-0.4, -0.2) is 18.9 Å². The Morgan fingerprint density at radius 1 is 1.45 bits per heavy atom. The summed E-state index contributed by atoms with van der Waals surface area (Å²) in [6.45, 7) is 3.62. The average Bonchev–Trinajstić information content (AvgIpc) is 2.44. The SMILES string of the molecule is CCCC1(C(=O)c2cc(F)c(Cl)c(Cl)c2)CCCNC1. The summed E-state index contributed by atoms with van der Waals surface area (Å²) in [5, 5.41) is 3.24. The average molecular weight is 318 g/mol. The van der Waals surface area contributed by atoms with Crippen molar-refractivity contribution >= 4 is 29.0 Å². The lowest BCUT2D eigenvalue weighted by Crippen LogP contribution is -2.45. The van der Waals surface area contributed by atoms with Crippen LogP contribution in [0.1, 0.15) is 43.0 Å². The van der Waals surface area contributed by atoms with E-state index in [1.165, 1.54) is 12.1 Å². The van der Waals surface area contributed by atoms with Gasteiger partial charge in [-0.25, -0.2) is 4.39 Å². The van der Waals surface area contributed by atoms with E-state index in [0.717, 1.165) is 32.2 Å². The molecule has 1 aromatic carbocycles. The molecule has 1 saturated heterocycles. The van der Waals surface area contributed by atoms with Crippen molar-refractivity contribution in [2.24, 2.45) is 5.41 Å². The molecule has 1 atom stereocenters. The molecule has 1 N–H and O–H groups in total. The zero-order valence-electron chi connectivity index (χ0n) is 11.4. The molecule has 20 heavy (non-hydrogen) atoms. The maximum Gasteiger partial charge on any atom is 0.170 e. The lowest BCUT2D eigenvalue weighted by Gasteiger charge is -2.36. The molecular formula is C15H18Cl2FNO. The molecule has 0 spiro atoms. The highest BCUT2D eigenvalue weighted by Crippen LogP contribution is 2.37. The first-order chi connectivity index (χ1) is 9.50. The van der Waals surface area contributed by atoms with E-state index < -0.39 is 11.2 Å². The van der Waals surface area contributed by atoms with E-state index in [-0.39, 0.29) is 15.8 Å². The lowest BCUT2D eigenvalue weighted by atomic mass is 9.71. The number of rotatable bonds is 4. The number of piperidine rings is 1. The largest absolute Gasteiger partial charge is 0.316 e. The van der Waals surface area contributed by atoms with Gasteiger partial charge in [0, 0.05) is 17.5 Å². The van der Waals surface area contributed by atoms with E-state index in [2.05, 4.69) is 12.2 Å². The van der Waals surface area contributed by atoms with Crippen molar-refractivity contribution in [1.82, 2.24) is 5.32 Å². The third kappa shape index (κ3) is 3.00. The van der Waals surface area contributed by atoms with E-state index >= 15 is 0 Å². The molecular weight excluding hydrogens is 300 g/mol. The molecule has 2 nitrogen and oxygen atoms in total. The van der Waals surface area contributed by atoms with Gasteiger partial charge in [-0.15, -0.1) is 0 Å². The van der Waals surface area contributed by atoms with Crippen LogP contribution in [0.4, 0.5) is 4.39 Å². The summed E-state index contributed by atoms with van der Waals surface area (Å²) in [4.78, 5) is 12.8. The Bertz CT molecular complexity index is 484. The second-order valence-corrected chi connectivity index (χ2v) is 6.18. The Balaban J connectivity index is 2.37. The van der Waals surface area contributed by atoms with Crippen LogP contribution >= 0.6 is 23.2 Å². The number of hydrogen-bond donors (Lipinski definition) is 1. The highest BCUT2D eigenvalue weighted by molar-refractivity contribution is 6.42. The molecule has 0 bridgehead atoms. The third-order valence-electron chi connectivity index (χ3n) is 3.93. The predicted octanol–water partition coefficient (Wildman–Crippen LogP) is 4.49. The molecule has 0 amide bonds. The summed E-state index contributed by atoms with van der Waals surface area (Å²) in [5.41, 5.74) is -0.134. The van der Waals surface area contributed by atoms with Crippen molar-refractivity contribution in [2.45, 2.75) is 32.6 Å². The molecule has 1 aromatic rings. The normalized spacial score (nSPS) is 22.8. The van der Waals surface area contributed by atoms with Crippen molar-refractivity contribution in [3.63, 3.8) is 0 Å². The van der Waals surface area contributed by atoms with Crippen LogP contribution in [0.5, 0.6) is 0 Å². The molecule has 1 unspecified atom stereocenters. The van der Waals surface area contributed by atoms with Gasteiger partial charge in [-0.05, 0) is 37.9 Å². The summed E-state index contributed by atoms with van der Waals surface area (Å²) in [6, 6.07) is 2.67. The number of ketones is 1. The number of carbonyl (C=O) groups is 1. The van der Waals surface area contributed by atoms with Crippen LogP contribution in [0.15, 0.2) is 12.1 Å². The molecule has 0 radical (unpaired) electrons. The summed E-state index contributed by atoms with van der Waals surface area (Å²) in [5.74, 6) is -0.679. The van der Waals surface area contributed by atoms with E-state index in [9.17, 15) is 9.18 Å². The van der Waals surface area contributed by atoms with Gasteiger partial charge < -0.3 is 5.32 Å². The van der Waals surface area contributed by atoms with Gasteiger partial charge in [0.25, 0.3) is 0 Å². The number of hydrogen-bond acceptors (Lipinski definition) is 2. The fourth-order valence-electron chi connectivity index (χ4n) is 2.96. The van der Waals surface area contributed by atoms with Crippen LogP contribution in [0, 0.1) is 11.2 Å². The second-order valence-electron chi connectivity index (χ2n) is 5.39. The summed E-state index contributed by atoms with van der Waals surface area (Å²) >= 11 is 11.6. The Labute approximate surface area is 128 Å². The molecule has 1 heterocycles. The zero-order valence-corrected chi connectivity index (χ0v) is 13.0. The third-order valence-corrected chi connectivity index (χ3v) is 4.71. The number of nitrogens with one attached hydrogen (secondary N) is 1. The first-order valence-electron chi connectivity index (χ1n) is 6.90. The van der Waals surface area contributed by atoms with Gasteiger partial charge in [-0.1, -0.05) is 36.5 Å². The van der Waals surface area contributed by atoms with E-state index in [4.69, 9.17) is 23.2 Å². The molecule has 0 aliphatic carbocycles. The maximum absolute atomic E-state index is 13.7. The van der Waals surface area contributed by atoms with Crippen LogP contribution < -0.4 is 5.32 Å². The molecule has 2 rings (SSSR count). The highest BCUT2D eigenvalue weighted by atomic mass is 35.5. The van der Waals surface area contributed by atoms with E-state index in [1.807, 2.05) is 0 Å². The van der Waals surface area contributed by atoms with E-state index in [1.54, 1.807) is 0 Å². The first kappa shape index (κ1) is 15.7. The Hall–Kier alpha value is -0.640. The number of Topliss-reactive ketones (excluding diaryl/α,β-unsaturated/α-hetero) is 1. The molecule has 110 valence electrons. The van der Waals surface area contributed by atoms with Gasteiger partial charge in [-0.3, -0.25) is 4.79 Å². The monoisotopic (exact) mass is 317 g/mol. The van der Waals surface area contributed by atoms with Crippen molar-refractivity contribution in [1.29, 1.82) is 0 Å². The van der Waals surface area contributed by atoms with Gasteiger partial charge in [-0.2, -0.15) is 0 Å². The first-order valence-corrected chi connectivity index (χ1v) is 7.66. The number of carbonyl (C=O) groups excluding carboxylic acids is 1. The summed E-state index contributed by atoms with van der Waals surface area (Å²) < 4.78 is 13.7. The number of benzene rings is 1. The molecule has 0 saturated carbocycles. The van der Waals surface area contributed by atoms with Crippen molar-refractivity contribution in [3.8, 4) is 0 Å². The van der Waals surface area contributed by atoms with Gasteiger partial charge in [0.15, 0.2) is 5.78 Å². The van der Waals surface area contributed by atoms with Crippen molar-refractivity contribution < 1.29 is 9.18 Å². The van der Waals surface area contributed by atoms with Gasteiger partial charge in [0.2, 0.25) is 0 Å². The molecule has 1 aliphatic heterocycles. The molecule has 0 aromatic heterocycles. The quantitative estimate of drug-likeness (QED) is 0.655. The van der Waals surface area contributed by atoms with Crippen LogP contribution in [0.2, 0.25) is 10.0 Å². The lowest BCUT2D eigenvalue weighted by molar-refractivity contribution is 0.0717. The topological polar surface area (TPSA) is 29.1 Å². The fourth-order valence-corrected chi connectivity index (χ4v) is 3.28. The maximum atomic E-state index is 13.7. The minimum Gasteiger partial charge on any atom is -0.316 e. The molecule has 1 fully saturated rings. The van der Waals surface area contributed by atoms with Crippen LogP contribution in [0.3, 0.4) is 0 Å². The summed E-state index contributed by atoms with van der Waals surface area (Å²) in [7, 11) is 0.